The lowest BCUT2D eigenvalue weighted by Crippen LogP contribution is -2.30. The average Bonchev–Trinajstić information content (AvgIpc) is 2.55. The summed E-state index contributed by atoms with van der Waals surface area (Å²) in [6.07, 6.45) is 5.87. The number of aryl methyl sites for hydroxylation is 1. The maximum atomic E-state index is 4.60. The minimum absolute atomic E-state index is 0.845. The van der Waals surface area contributed by atoms with Gasteiger partial charge in [-0.25, -0.2) is 4.98 Å². The van der Waals surface area contributed by atoms with Crippen LogP contribution >= 0.6 is 0 Å². The summed E-state index contributed by atoms with van der Waals surface area (Å²) in [7, 11) is 0. The fourth-order valence-electron chi connectivity index (χ4n) is 2.81. The first kappa shape index (κ1) is 13.9. The number of pyridine rings is 1. The van der Waals surface area contributed by atoms with Gasteiger partial charge in [0, 0.05) is 19.6 Å². The number of aromatic nitrogens is 1. The number of piperidine rings is 1. The molecule has 21 heavy (non-hydrogen) atoms. The van der Waals surface area contributed by atoms with Crippen molar-refractivity contribution in [1.29, 1.82) is 0 Å². The van der Waals surface area contributed by atoms with E-state index in [1.165, 1.54) is 30.4 Å². The lowest BCUT2D eigenvalue weighted by molar-refractivity contribution is 0.573. The lowest BCUT2D eigenvalue weighted by atomic mass is 10.1. The van der Waals surface area contributed by atoms with E-state index >= 15 is 0 Å². The summed E-state index contributed by atoms with van der Waals surface area (Å²) in [4.78, 5) is 6.98. The van der Waals surface area contributed by atoms with E-state index in [1.54, 1.807) is 0 Å². The minimum Gasteiger partial charge on any atom is -0.380 e. The Labute approximate surface area is 127 Å². The number of hydrogen-bond acceptors (Lipinski definition) is 3. The Kier molecular flexibility index (Phi) is 4.39. The molecule has 0 aliphatic carbocycles. The molecule has 1 fully saturated rings. The molecule has 0 atom stereocenters. The summed E-state index contributed by atoms with van der Waals surface area (Å²) in [5.74, 6) is 1.11. The van der Waals surface area contributed by atoms with Crippen LogP contribution in [-0.2, 0) is 6.54 Å². The topological polar surface area (TPSA) is 28.2 Å². The number of benzene rings is 1. The SMILES string of the molecule is Cc1ccccc1CNc1ccc(N2CCCCC2)nc1. The summed E-state index contributed by atoms with van der Waals surface area (Å²) in [5.41, 5.74) is 3.74. The third-order valence-corrected chi connectivity index (χ3v) is 4.17. The second kappa shape index (κ2) is 6.61. The fraction of sp³-hybridized carbons (Fsp3) is 0.389. The van der Waals surface area contributed by atoms with Crippen molar-refractivity contribution in [3.8, 4) is 0 Å². The van der Waals surface area contributed by atoms with Gasteiger partial charge in [0.1, 0.15) is 5.82 Å². The Morgan fingerprint density at radius 2 is 1.86 bits per heavy atom. The molecule has 0 bridgehead atoms. The zero-order valence-corrected chi connectivity index (χ0v) is 12.7. The quantitative estimate of drug-likeness (QED) is 0.918. The highest BCUT2D eigenvalue weighted by Crippen LogP contribution is 2.19. The molecule has 0 radical (unpaired) electrons. The highest BCUT2D eigenvalue weighted by Gasteiger charge is 2.11. The van der Waals surface area contributed by atoms with Gasteiger partial charge in [-0.05, 0) is 49.4 Å². The monoisotopic (exact) mass is 281 g/mol. The molecule has 0 spiro atoms. The Hall–Kier alpha value is -2.03. The van der Waals surface area contributed by atoms with Gasteiger partial charge in [0.25, 0.3) is 0 Å². The molecule has 3 heteroatoms. The van der Waals surface area contributed by atoms with E-state index in [4.69, 9.17) is 0 Å². The van der Waals surface area contributed by atoms with E-state index in [0.29, 0.717) is 0 Å². The van der Waals surface area contributed by atoms with E-state index < -0.39 is 0 Å². The van der Waals surface area contributed by atoms with Crippen molar-refractivity contribution in [2.24, 2.45) is 0 Å². The Morgan fingerprint density at radius 1 is 1.05 bits per heavy atom. The van der Waals surface area contributed by atoms with Crippen LogP contribution in [0, 0.1) is 6.92 Å². The third kappa shape index (κ3) is 3.54. The molecule has 1 aliphatic heterocycles. The molecule has 0 amide bonds. The predicted molar refractivity (Wildman–Crippen MR) is 88.8 cm³/mol. The van der Waals surface area contributed by atoms with Gasteiger partial charge in [-0.15, -0.1) is 0 Å². The molecule has 1 aliphatic rings. The standard InChI is InChI=1S/C18H23N3/c1-15-7-3-4-8-16(15)13-19-17-9-10-18(20-14-17)21-11-5-2-6-12-21/h3-4,7-10,14,19H,2,5-6,11-13H2,1H3. The summed E-state index contributed by atoms with van der Waals surface area (Å²) in [5, 5.41) is 3.45. The zero-order chi connectivity index (χ0) is 14.5. The van der Waals surface area contributed by atoms with Crippen molar-refractivity contribution >= 4 is 11.5 Å². The molecule has 110 valence electrons. The molecule has 1 aromatic heterocycles. The Bertz CT molecular complexity index is 571. The Balaban J connectivity index is 1.60. The first-order valence-corrected chi connectivity index (χ1v) is 7.82. The molecule has 2 aromatic rings. The molecule has 3 nitrogen and oxygen atoms in total. The van der Waals surface area contributed by atoms with Gasteiger partial charge in [-0.3, -0.25) is 0 Å². The minimum atomic E-state index is 0.845. The maximum Gasteiger partial charge on any atom is 0.128 e. The van der Waals surface area contributed by atoms with Crippen LogP contribution < -0.4 is 10.2 Å². The number of nitrogens with zero attached hydrogens (tertiary/aromatic N) is 2. The van der Waals surface area contributed by atoms with Crippen LogP contribution in [0.2, 0.25) is 0 Å². The van der Waals surface area contributed by atoms with Crippen LogP contribution in [-0.4, -0.2) is 18.1 Å². The van der Waals surface area contributed by atoms with Gasteiger partial charge in [0.2, 0.25) is 0 Å². The van der Waals surface area contributed by atoms with Crippen LogP contribution in [0.5, 0.6) is 0 Å². The average molecular weight is 281 g/mol. The van der Waals surface area contributed by atoms with Gasteiger partial charge < -0.3 is 10.2 Å². The molecule has 0 unspecified atom stereocenters. The molecule has 2 heterocycles. The molecule has 0 saturated carbocycles. The van der Waals surface area contributed by atoms with Crippen molar-refractivity contribution in [3.05, 3.63) is 53.7 Å². The van der Waals surface area contributed by atoms with E-state index in [2.05, 4.69) is 58.5 Å². The van der Waals surface area contributed by atoms with E-state index in [-0.39, 0.29) is 0 Å². The first-order chi connectivity index (χ1) is 10.3. The van der Waals surface area contributed by atoms with Crippen LogP contribution in [0.1, 0.15) is 30.4 Å². The van der Waals surface area contributed by atoms with Gasteiger partial charge in [0.15, 0.2) is 0 Å². The predicted octanol–water partition coefficient (Wildman–Crippen LogP) is 3.99. The van der Waals surface area contributed by atoms with E-state index in [9.17, 15) is 0 Å². The highest BCUT2D eigenvalue weighted by molar-refractivity contribution is 5.49. The zero-order valence-electron chi connectivity index (χ0n) is 12.7. The van der Waals surface area contributed by atoms with Gasteiger partial charge in [0.05, 0.1) is 11.9 Å². The van der Waals surface area contributed by atoms with Crippen LogP contribution in [0.25, 0.3) is 0 Å². The Morgan fingerprint density at radius 3 is 2.57 bits per heavy atom. The van der Waals surface area contributed by atoms with Crippen LogP contribution in [0.3, 0.4) is 0 Å². The maximum absolute atomic E-state index is 4.60. The van der Waals surface area contributed by atoms with Crippen LogP contribution in [0.4, 0.5) is 11.5 Å². The summed E-state index contributed by atoms with van der Waals surface area (Å²) in [6, 6.07) is 12.7. The summed E-state index contributed by atoms with van der Waals surface area (Å²) < 4.78 is 0. The molecule has 1 N–H and O–H groups in total. The second-order valence-electron chi connectivity index (χ2n) is 5.73. The summed E-state index contributed by atoms with van der Waals surface area (Å²) >= 11 is 0. The number of hydrogen-bond donors (Lipinski definition) is 1. The highest BCUT2D eigenvalue weighted by atomic mass is 15.2. The molecular weight excluding hydrogens is 258 g/mol. The number of nitrogens with one attached hydrogen (secondary N) is 1. The number of rotatable bonds is 4. The van der Waals surface area contributed by atoms with Crippen molar-refractivity contribution in [3.63, 3.8) is 0 Å². The fourth-order valence-corrected chi connectivity index (χ4v) is 2.81. The van der Waals surface area contributed by atoms with Crippen molar-refractivity contribution in [2.75, 3.05) is 23.3 Å². The normalized spacial score (nSPS) is 15.0. The van der Waals surface area contributed by atoms with Crippen molar-refractivity contribution in [2.45, 2.75) is 32.7 Å². The molecule has 1 saturated heterocycles. The van der Waals surface area contributed by atoms with Crippen molar-refractivity contribution in [1.82, 2.24) is 4.98 Å². The van der Waals surface area contributed by atoms with Gasteiger partial charge in [-0.2, -0.15) is 0 Å². The summed E-state index contributed by atoms with van der Waals surface area (Å²) in [6.45, 7) is 5.28. The largest absolute Gasteiger partial charge is 0.380 e. The lowest BCUT2D eigenvalue weighted by Gasteiger charge is -2.27. The van der Waals surface area contributed by atoms with Crippen molar-refractivity contribution < 1.29 is 0 Å². The first-order valence-electron chi connectivity index (χ1n) is 7.82. The molecular formula is C18H23N3. The second-order valence-corrected chi connectivity index (χ2v) is 5.73. The van der Waals surface area contributed by atoms with Gasteiger partial charge in [-0.1, -0.05) is 24.3 Å². The van der Waals surface area contributed by atoms with E-state index in [1.807, 2.05) is 6.20 Å². The molecule has 3 rings (SSSR count). The number of anilines is 2. The smallest absolute Gasteiger partial charge is 0.128 e. The van der Waals surface area contributed by atoms with Crippen LogP contribution in [0.15, 0.2) is 42.6 Å². The third-order valence-electron chi connectivity index (χ3n) is 4.17. The van der Waals surface area contributed by atoms with E-state index in [0.717, 1.165) is 31.1 Å². The van der Waals surface area contributed by atoms with Gasteiger partial charge >= 0.3 is 0 Å². The molecule has 1 aromatic carbocycles.